The molecule has 2 aromatic carbocycles. The molecule has 120 valence electrons. The highest BCUT2D eigenvalue weighted by Gasteiger charge is 2.11. The highest BCUT2D eigenvalue weighted by Crippen LogP contribution is 2.21. The summed E-state index contributed by atoms with van der Waals surface area (Å²) >= 11 is 3.37. The van der Waals surface area contributed by atoms with Gasteiger partial charge in [0.15, 0.2) is 5.82 Å². The molecule has 0 saturated carbocycles. The standard InChI is InChI=1S/C15H13BrFN3O3/c1-9-6-10(2-4-12(9)16)19-15(21)8-18-14-5-3-11(20(22)23)7-13(14)17/h2-7,18H,8H2,1H3,(H,19,21). The van der Waals surface area contributed by atoms with Crippen LogP contribution in [-0.4, -0.2) is 17.4 Å². The number of halogens is 2. The van der Waals surface area contributed by atoms with Crippen LogP contribution in [0, 0.1) is 22.9 Å². The SMILES string of the molecule is Cc1cc(NC(=O)CNc2ccc([N+](=O)[O-])cc2F)ccc1Br. The number of carbonyl (C=O) groups excluding carboxylic acids is 1. The molecule has 0 atom stereocenters. The van der Waals surface area contributed by atoms with Gasteiger partial charge in [-0.25, -0.2) is 4.39 Å². The largest absolute Gasteiger partial charge is 0.374 e. The summed E-state index contributed by atoms with van der Waals surface area (Å²) in [7, 11) is 0. The molecule has 2 rings (SSSR count). The Kier molecular flexibility index (Phi) is 5.28. The van der Waals surface area contributed by atoms with E-state index < -0.39 is 10.7 Å². The molecule has 6 nitrogen and oxygen atoms in total. The van der Waals surface area contributed by atoms with Crippen molar-refractivity contribution in [3.8, 4) is 0 Å². The van der Waals surface area contributed by atoms with Crippen LogP contribution in [0.1, 0.15) is 5.56 Å². The predicted molar refractivity (Wildman–Crippen MR) is 89.1 cm³/mol. The van der Waals surface area contributed by atoms with Gasteiger partial charge in [0.25, 0.3) is 5.69 Å². The lowest BCUT2D eigenvalue weighted by Gasteiger charge is -2.09. The fourth-order valence-corrected chi connectivity index (χ4v) is 2.11. The molecule has 1 amide bonds. The number of carbonyl (C=O) groups is 1. The van der Waals surface area contributed by atoms with E-state index in [1.807, 2.05) is 13.0 Å². The average Bonchev–Trinajstić information content (AvgIpc) is 2.49. The summed E-state index contributed by atoms with van der Waals surface area (Å²) < 4.78 is 14.6. The Morgan fingerprint density at radius 2 is 2.04 bits per heavy atom. The van der Waals surface area contributed by atoms with Crippen molar-refractivity contribution in [2.75, 3.05) is 17.2 Å². The Bertz CT molecular complexity index is 768. The van der Waals surface area contributed by atoms with Crippen LogP contribution in [0.2, 0.25) is 0 Å². The average molecular weight is 382 g/mol. The number of hydrogen-bond donors (Lipinski definition) is 2. The first-order chi connectivity index (χ1) is 10.9. The minimum atomic E-state index is -0.786. The lowest BCUT2D eigenvalue weighted by Crippen LogP contribution is -2.22. The van der Waals surface area contributed by atoms with Crippen LogP contribution in [0.3, 0.4) is 0 Å². The van der Waals surface area contributed by atoms with Crippen LogP contribution in [0.5, 0.6) is 0 Å². The highest BCUT2D eigenvalue weighted by atomic mass is 79.9. The topological polar surface area (TPSA) is 84.3 Å². The summed E-state index contributed by atoms with van der Waals surface area (Å²) in [6.07, 6.45) is 0. The minimum Gasteiger partial charge on any atom is -0.374 e. The van der Waals surface area contributed by atoms with Crippen LogP contribution in [0.25, 0.3) is 0 Å². The van der Waals surface area contributed by atoms with Crippen molar-refractivity contribution in [3.05, 3.63) is 62.4 Å². The fraction of sp³-hybridized carbons (Fsp3) is 0.133. The van der Waals surface area contributed by atoms with Gasteiger partial charge < -0.3 is 10.6 Å². The van der Waals surface area contributed by atoms with E-state index in [1.54, 1.807) is 12.1 Å². The first kappa shape index (κ1) is 16.9. The van der Waals surface area contributed by atoms with E-state index in [0.29, 0.717) is 5.69 Å². The van der Waals surface area contributed by atoms with E-state index in [4.69, 9.17) is 0 Å². The summed E-state index contributed by atoms with van der Waals surface area (Å²) in [6.45, 7) is 1.73. The second kappa shape index (κ2) is 7.19. The van der Waals surface area contributed by atoms with Crippen LogP contribution in [0.4, 0.5) is 21.5 Å². The molecule has 0 saturated heterocycles. The van der Waals surface area contributed by atoms with Crippen molar-refractivity contribution in [1.29, 1.82) is 0 Å². The van der Waals surface area contributed by atoms with Gasteiger partial charge in [-0.05, 0) is 36.8 Å². The molecule has 2 N–H and O–H groups in total. The van der Waals surface area contributed by atoms with Crippen molar-refractivity contribution in [3.63, 3.8) is 0 Å². The third-order valence-electron chi connectivity index (χ3n) is 3.04. The van der Waals surface area contributed by atoms with E-state index in [9.17, 15) is 19.3 Å². The molecular formula is C15H13BrFN3O3. The maximum absolute atomic E-state index is 13.7. The molecule has 2 aromatic rings. The molecule has 0 fully saturated rings. The van der Waals surface area contributed by atoms with Crippen molar-refractivity contribution in [2.45, 2.75) is 6.92 Å². The molecule has 0 spiro atoms. The summed E-state index contributed by atoms with van der Waals surface area (Å²) in [5.74, 6) is -1.14. The molecule has 0 aliphatic rings. The number of nitro benzene ring substituents is 1. The molecule has 23 heavy (non-hydrogen) atoms. The van der Waals surface area contributed by atoms with E-state index >= 15 is 0 Å². The predicted octanol–water partition coefficient (Wildman–Crippen LogP) is 3.86. The Morgan fingerprint density at radius 3 is 2.65 bits per heavy atom. The molecule has 0 aliphatic carbocycles. The Labute approximate surface area is 140 Å². The third-order valence-corrected chi connectivity index (χ3v) is 3.93. The first-order valence-corrected chi connectivity index (χ1v) is 7.40. The molecule has 0 aromatic heterocycles. The van der Waals surface area contributed by atoms with Crippen LogP contribution < -0.4 is 10.6 Å². The molecule has 0 bridgehead atoms. The molecule has 0 aliphatic heterocycles. The van der Waals surface area contributed by atoms with E-state index in [-0.39, 0.29) is 23.8 Å². The van der Waals surface area contributed by atoms with Crippen LogP contribution >= 0.6 is 15.9 Å². The van der Waals surface area contributed by atoms with E-state index in [1.165, 1.54) is 12.1 Å². The highest BCUT2D eigenvalue weighted by molar-refractivity contribution is 9.10. The Hall–Kier alpha value is -2.48. The molecule has 0 heterocycles. The van der Waals surface area contributed by atoms with E-state index in [0.717, 1.165) is 16.1 Å². The maximum atomic E-state index is 13.7. The first-order valence-electron chi connectivity index (χ1n) is 6.60. The molecule has 0 radical (unpaired) electrons. The number of anilines is 2. The van der Waals surface area contributed by atoms with Gasteiger partial charge in [-0.3, -0.25) is 14.9 Å². The number of nitrogens with zero attached hydrogens (tertiary/aromatic N) is 1. The Balaban J connectivity index is 1.96. The molecule has 8 heteroatoms. The maximum Gasteiger partial charge on any atom is 0.272 e. The number of nitrogens with one attached hydrogen (secondary N) is 2. The number of nitro groups is 1. The number of rotatable bonds is 5. The van der Waals surface area contributed by atoms with Crippen molar-refractivity contribution in [2.24, 2.45) is 0 Å². The van der Waals surface area contributed by atoms with Gasteiger partial charge in [0.05, 0.1) is 23.2 Å². The zero-order valence-electron chi connectivity index (χ0n) is 12.1. The number of aryl methyl sites for hydroxylation is 1. The minimum absolute atomic E-state index is 0.0257. The van der Waals surface area contributed by atoms with Gasteiger partial charge in [-0.2, -0.15) is 0 Å². The van der Waals surface area contributed by atoms with E-state index in [2.05, 4.69) is 26.6 Å². The van der Waals surface area contributed by atoms with Crippen LogP contribution in [-0.2, 0) is 4.79 Å². The summed E-state index contributed by atoms with van der Waals surface area (Å²) in [4.78, 5) is 21.7. The summed E-state index contributed by atoms with van der Waals surface area (Å²) in [5.41, 5.74) is 1.28. The van der Waals surface area contributed by atoms with Crippen molar-refractivity contribution < 1.29 is 14.1 Å². The quantitative estimate of drug-likeness (QED) is 0.608. The van der Waals surface area contributed by atoms with Gasteiger partial charge in [0.1, 0.15) is 0 Å². The van der Waals surface area contributed by atoms with Crippen molar-refractivity contribution in [1.82, 2.24) is 0 Å². The Morgan fingerprint density at radius 1 is 1.30 bits per heavy atom. The third kappa shape index (κ3) is 4.49. The van der Waals surface area contributed by atoms with Crippen molar-refractivity contribution >= 4 is 38.9 Å². The summed E-state index contributed by atoms with van der Waals surface area (Å²) in [6, 6.07) is 8.55. The fourth-order valence-electron chi connectivity index (χ4n) is 1.86. The van der Waals surface area contributed by atoms with Crippen LogP contribution in [0.15, 0.2) is 40.9 Å². The molecule has 0 unspecified atom stereocenters. The number of amides is 1. The number of non-ortho nitro benzene ring substituents is 1. The molecular weight excluding hydrogens is 369 g/mol. The smallest absolute Gasteiger partial charge is 0.272 e. The number of benzene rings is 2. The van der Waals surface area contributed by atoms with Gasteiger partial charge in [-0.15, -0.1) is 0 Å². The monoisotopic (exact) mass is 381 g/mol. The van der Waals surface area contributed by atoms with Gasteiger partial charge in [0.2, 0.25) is 5.91 Å². The number of hydrogen-bond acceptors (Lipinski definition) is 4. The second-order valence-electron chi connectivity index (χ2n) is 4.79. The zero-order chi connectivity index (χ0) is 17.0. The van der Waals surface area contributed by atoms with Gasteiger partial charge >= 0.3 is 0 Å². The zero-order valence-corrected chi connectivity index (χ0v) is 13.7. The van der Waals surface area contributed by atoms with Gasteiger partial charge in [0, 0.05) is 16.2 Å². The lowest BCUT2D eigenvalue weighted by molar-refractivity contribution is -0.385. The normalized spacial score (nSPS) is 10.2. The van der Waals surface area contributed by atoms with Gasteiger partial charge in [-0.1, -0.05) is 15.9 Å². The summed E-state index contributed by atoms with van der Waals surface area (Å²) in [5, 5.41) is 15.8. The second-order valence-corrected chi connectivity index (χ2v) is 5.64. The lowest BCUT2D eigenvalue weighted by atomic mass is 10.2.